The summed E-state index contributed by atoms with van der Waals surface area (Å²) in [5, 5.41) is 2.86. The van der Waals surface area contributed by atoms with Crippen molar-refractivity contribution < 1.29 is 4.79 Å². The summed E-state index contributed by atoms with van der Waals surface area (Å²) < 4.78 is 1.11. The Bertz CT molecular complexity index is 472. The highest BCUT2D eigenvalue weighted by molar-refractivity contribution is 14.1. The number of hydrogen-bond donors (Lipinski definition) is 2. The summed E-state index contributed by atoms with van der Waals surface area (Å²) in [6.45, 7) is 5.40. The molecule has 0 atom stereocenters. The van der Waals surface area contributed by atoms with Gasteiger partial charge in [0.15, 0.2) is 0 Å². The molecule has 17 heavy (non-hydrogen) atoms. The number of halogens is 1. The molecule has 1 rings (SSSR count). The van der Waals surface area contributed by atoms with Crippen LogP contribution in [0.2, 0.25) is 0 Å². The molecule has 1 amide bonds. The predicted molar refractivity (Wildman–Crippen MR) is 83.1 cm³/mol. The maximum absolute atomic E-state index is 12.1. The Morgan fingerprint density at radius 1 is 1.47 bits per heavy atom. The number of benzene rings is 1. The van der Waals surface area contributed by atoms with Crippen molar-refractivity contribution in [3.63, 3.8) is 0 Å². The zero-order valence-corrected chi connectivity index (χ0v) is 13.0. The lowest BCUT2D eigenvalue weighted by Gasteiger charge is -2.22. The molecule has 0 aliphatic rings. The molecule has 0 aliphatic heterocycles. The Kier molecular flexibility index (Phi) is 4.48. The van der Waals surface area contributed by atoms with Crippen LogP contribution in [0.4, 0.5) is 5.69 Å². The molecule has 0 saturated heterocycles. The van der Waals surface area contributed by atoms with Crippen molar-refractivity contribution in [2.24, 2.45) is 11.1 Å². The van der Waals surface area contributed by atoms with Crippen molar-refractivity contribution in [1.82, 2.24) is 0 Å². The number of rotatable bonds is 3. The van der Waals surface area contributed by atoms with Gasteiger partial charge in [-0.3, -0.25) is 4.79 Å². The summed E-state index contributed by atoms with van der Waals surface area (Å²) >= 11 is 7.13. The van der Waals surface area contributed by atoms with E-state index in [-0.39, 0.29) is 10.9 Å². The van der Waals surface area contributed by atoms with E-state index in [1.54, 1.807) is 13.8 Å². The van der Waals surface area contributed by atoms with E-state index in [1.165, 1.54) is 0 Å². The minimum absolute atomic E-state index is 0.185. The average molecular weight is 362 g/mol. The van der Waals surface area contributed by atoms with E-state index in [0.717, 1.165) is 14.8 Å². The highest BCUT2D eigenvalue weighted by atomic mass is 127. The van der Waals surface area contributed by atoms with Crippen molar-refractivity contribution in [3.8, 4) is 0 Å². The van der Waals surface area contributed by atoms with Crippen molar-refractivity contribution in [1.29, 1.82) is 0 Å². The average Bonchev–Trinajstić information content (AvgIpc) is 2.24. The van der Waals surface area contributed by atoms with E-state index in [9.17, 15) is 4.79 Å². The number of hydrogen-bond acceptors (Lipinski definition) is 2. The Labute approximate surface area is 120 Å². The van der Waals surface area contributed by atoms with E-state index in [4.69, 9.17) is 18.0 Å². The monoisotopic (exact) mass is 362 g/mol. The maximum Gasteiger partial charge on any atom is 0.236 e. The smallest absolute Gasteiger partial charge is 0.236 e. The molecule has 1 aromatic rings. The van der Waals surface area contributed by atoms with Crippen LogP contribution in [-0.4, -0.2) is 10.9 Å². The molecule has 0 bridgehead atoms. The first-order valence-corrected chi connectivity index (χ1v) is 6.62. The van der Waals surface area contributed by atoms with Crippen molar-refractivity contribution >= 4 is 51.4 Å². The molecule has 0 spiro atoms. The van der Waals surface area contributed by atoms with Gasteiger partial charge in [-0.1, -0.05) is 18.3 Å². The highest BCUT2D eigenvalue weighted by Gasteiger charge is 2.31. The molecule has 0 radical (unpaired) electrons. The summed E-state index contributed by atoms with van der Waals surface area (Å²) in [7, 11) is 0. The quantitative estimate of drug-likeness (QED) is 0.642. The van der Waals surface area contributed by atoms with Gasteiger partial charge in [-0.15, -0.1) is 0 Å². The Hall–Kier alpha value is -0.690. The molecular formula is C12H15IN2OS. The summed E-state index contributed by atoms with van der Waals surface area (Å²) in [6.07, 6.45) is 0. The number of thiocarbonyl (C=S) groups is 1. The van der Waals surface area contributed by atoms with Crippen LogP contribution in [0, 0.1) is 15.9 Å². The third kappa shape index (κ3) is 3.16. The molecule has 1 aromatic carbocycles. The third-order valence-corrected chi connectivity index (χ3v) is 4.38. The molecule has 3 N–H and O–H groups in total. The van der Waals surface area contributed by atoms with Crippen molar-refractivity contribution in [3.05, 3.63) is 27.3 Å². The fraction of sp³-hybridized carbons (Fsp3) is 0.333. The zero-order valence-electron chi connectivity index (χ0n) is 10.0. The van der Waals surface area contributed by atoms with Gasteiger partial charge in [-0.05, 0) is 61.1 Å². The molecule has 92 valence electrons. The molecule has 0 aromatic heterocycles. The van der Waals surface area contributed by atoms with Gasteiger partial charge in [0.2, 0.25) is 5.91 Å². The van der Waals surface area contributed by atoms with E-state index in [1.807, 2.05) is 25.1 Å². The fourth-order valence-electron chi connectivity index (χ4n) is 1.13. The second-order valence-corrected chi connectivity index (χ2v) is 5.96. The van der Waals surface area contributed by atoms with Gasteiger partial charge in [-0.25, -0.2) is 0 Å². The van der Waals surface area contributed by atoms with Gasteiger partial charge in [0.05, 0.1) is 10.4 Å². The SMILES string of the molecule is Cc1c(I)cccc1NC(=O)C(C)(C)C(N)=S. The van der Waals surface area contributed by atoms with Crippen LogP contribution < -0.4 is 11.1 Å². The van der Waals surface area contributed by atoms with Crippen LogP contribution in [0.1, 0.15) is 19.4 Å². The second-order valence-electron chi connectivity index (χ2n) is 4.36. The van der Waals surface area contributed by atoms with Crippen LogP contribution in [0.15, 0.2) is 18.2 Å². The van der Waals surface area contributed by atoms with Crippen molar-refractivity contribution in [2.45, 2.75) is 20.8 Å². The van der Waals surface area contributed by atoms with Gasteiger partial charge in [0, 0.05) is 9.26 Å². The lowest BCUT2D eigenvalue weighted by atomic mass is 9.92. The number of carbonyl (C=O) groups is 1. The normalized spacial score (nSPS) is 11.1. The van der Waals surface area contributed by atoms with Crippen LogP contribution >= 0.6 is 34.8 Å². The number of nitrogens with one attached hydrogen (secondary N) is 1. The number of carbonyl (C=O) groups excluding carboxylic acids is 1. The lowest BCUT2D eigenvalue weighted by Crippen LogP contribution is -2.41. The molecule has 0 unspecified atom stereocenters. The topological polar surface area (TPSA) is 55.1 Å². The molecule has 0 fully saturated rings. The second kappa shape index (κ2) is 5.30. The van der Waals surface area contributed by atoms with Crippen LogP contribution in [-0.2, 0) is 4.79 Å². The van der Waals surface area contributed by atoms with Crippen LogP contribution in [0.3, 0.4) is 0 Å². The van der Waals surface area contributed by atoms with Crippen LogP contribution in [0.5, 0.6) is 0 Å². The summed E-state index contributed by atoms with van der Waals surface area (Å²) in [5.74, 6) is -0.185. The first-order valence-electron chi connectivity index (χ1n) is 5.13. The minimum Gasteiger partial charge on any atom is -0.392 e. The van der Waals surface area contributed by atoms with Gasteiger partial charge >= 0.3 is 0 Å². The minimum atomic E-state index is -0.844. The standard InChI is InChI=1S/C12H15IN2OS/c1-7-8(13)5-4-6-9(7)15-11(16)12(2,3)10(14)17/h4-6H,1-3H3,(H2,14,17)(H,15,16). The Morgan fingerprint density at radius 2 is 2.06 bits per heavy atom. The number of anilines is 1. The van der Waals surface area contributed by atoms with Crippen molar-refractivity contribution in [2.75, 3.05) is 5.32 Å². The fourth-order valence-corrected chi connectivity index (χ4v) is 1.72. The highest BCUT2D eigenvalue weighted by Crippen LogP contribution is 2.23. The summed E-state index contributed by atoms with van der Waals surface area (Å²) in [4.78, 5) is 12.3. The van der Waals surface area contributed by atoms with Gasteiger partial charge in [-0.2, -0.15) is 0 Å². The third-order valence-electron chi connectivity index (χ3n) is 2.70. The van der Waals surface area contributed by atoms with E-state index in [0.29, 0.717) is 0 Å². The van der Waals surface area contributed by atoms with Gasteiger partial charge in [0.1, 0.15) is 0 Å². The molecule has 3 nitrogen and oxygen atoms in total. The van der Waals surface area contributed by atoms with Gasteiger partial charge in [0.25, 0.3) is 0 Å². The molecule has 0 saturated carbocycles. The molecule has 0 aliphatic carbocycles. The Morgan fingerprint density at radius 3 is 2.59 bits per heavy atom. The Balaban J connectivity index is 2.97. The van der Waals surface area contributed by atoms with E-state index < -0.39 is 5.41 Å². The molecule has 5 heteroatoms. The molecule has 0 heterocycles. The first kappa shape index (κ1) is 14.4. The maximum atomic E-state index is 12.1. The zero-order chi connectivity index (χ0) is 13.2. The lowest BCUT2D eigenvalue weighted by molar-refractivity contribution is -0.121. The number of amides is 1. The summed E-state index contributed by atoms with van der Waals surface area (Å²) in [6, 6.07) is 5.76. The number of nitrogens with two attached hydrogens (primary N) is 1. The first-order chi connectivity index (χ1) is 7.76. The largest absolute Gasteiger partial charge is 0.392 e. The van der Waals surface area contributed by atoms with Gasteiger partial charge < -0.3 is 11.1 Å². The molecular weight excluding hydrogens is 347 g/mol. The van der Waals surface area contributed by atoms with E-state index >= 15 is 0 Å². The summed E-state index contributed by atoms with van der Waals surface area (Å²) in [5.41, 5.74) is 6.56. The van der Waals surface area contributed by atoms with Crippen LogP contribution in [0.25, 0.3) is 0 Å². The predicted octanol–water partition coefficient (Wildman–Crippen LogP) is 2.85. The van der Waals surface area contributed by atoms with E-state index in [2.05, 4.69) is 27.9 Å².